The second kappa shape index (κ2) is 15.9. The summed E-state index contributed by atoms with van der Waals surface area (Å²) in [5, 5.41) is 0. The van der Waals surface area contributed by atoms with Gasteiger partial charge < -0.3 is 0 Å². The zero-order valence-corrected chi connectivity index (χ0v) is 27.4. The zero-order chi connectivity index (χ0) is 33.1. The van der Waals surface area contributed by atoms with Crippen molar-refractivity contribution in [2.24, 2.45) is 0 Å². The Balaban J connectivity index is 2.32. The van der Waals surface area contributed by atoms with E-state index in [0.717, 1.165) is 19.3 Å². The first kappa shape index (κ1) is 36.6. The Morgan fingerprint density at radius 2 is 0.864 bits per heavy atom. The van der Waals surface area contributed by atoms with Gasteiger partial charge in [-0.15, -0.1) is 0 Å². The molecule has 0 aliphatic rings. The van der Waals surface area contributed by atoms with Gasteiger partial charge in [-0.1, -0.05) is 58.2 Å². The Bertz CT molecular complexity index is 1290. The SMILES string of the molecule is CCCC(C)(C)OOC(=O)c1ccc(C(=O)c2ccc(C(=O)OOC(C)(C)CCC)c(C(=O)OOC(C)(C)CCC)c2)cc1. The Morgan fingerprint density at radius 1 is 0.500 bits per heavy atom. The first-order valence-electron chi connectivity index (χ1n) is 15.0. The fourth-order valence-corrected chi connectivity index (χ4v) is 4.48. The van der Waals surface area contributed by atoms with Gasteiger partial charge in [0.2, 0.25) is 0 Å². The highest BCUT2D eigenvalue weighted by Crippen LogP contribution is 2.24. The molecule has 2 aromatic rings. The van der Waals surface area contributed by atoms with Gasteiger partial charge in [0.25, 0.3) is 0 Å². The van der Waals surface area contributed by atoms with E-state index >= 15 is 0 Å². The Hall–Kier alpha value is -3.60. The molecule has 0 spiro atoms. The minimum absolute atomic E-state index is 0.0912. The van der Waals surface area contributed by atoms with Crippen LogP contribution in [0.5, 0.6) is 0 Å². The van der Waals surface area contributed by atoms with E-state index in [1.807, 2.05) is 34.6 Å². The molecule has 0 fully saturated rings. The molecule has 0 unspecified atom stereocenters. The van der Waals surface area contributed by atoms with Gasteiger partial charge in [-0.25, -0.2) is 14.4 Å². The highest BCUT2D eigenvalue weighted by Gasteiger charge is 2.29. The molecule has 0 bridgehead atoms. The summed E-state index contributed by atoms with van der Waals surface area (Å²) >= 11 is 0. The lowest BCUT2D eigenvalue weighted by Gasteiger charge is -2.23. The van der Waals surface area contributed by atoms with Crippen LogP contribution < -0.4 is 0 Å². The first-order valence-corrected chi connectivity index (χ1v) is 15.0. The third-order valence-electron chi connectivity index (χ3n) is 6.69. The third-order valence-corrected chi connectivity index (χ3v) is 6.69. The minimum atomic E-state index is -0.979. The second-order valence-corrected chi connectivity index (χ2v) is 12.6. The Morgan fingerprint density at radius 3 is 1.30 bits per heavy atom. The summed E-state index contributed by atoms with van der Waals surface area (Å²) in [7, 11) is 0. The summed E-state index contributed by atoms with van der Waals surface area (Å²) in [6.45, 7) is 16.6. The fraction of sp³-hybridized carbons (Fsp3) is 0.529. The van der Waals surface area contributed by atoms with Gasteiger partial charge in [-0.2, -0.15) is 14.7 Å². The highest BCUT2D eigenvalue weighted by atomic mass is 17.2. The minimum Gasteiger partial charge on any atom is -0.292 e. The third kappa shape index (κ3) is 11.2. The molecule has 0 saturated heterocycles. The largest absolute Gasteiger partial charge is 0.374 e. The fourth-order valence-electron chi connectivity index (χ4n) is 4.48. The molecule has 2 rings (SSSR count). The number of benzene rings is 2. The quantitative estimate of drug-likeness (QED) is 0.0986. The summed E-state index contributed by atoms with van der Waals surface area (Å²) in [4.78, 5) is 83.1. The summed E-state index contributed by atoms with van der Waals surface area (Å²) < 4.78 is 0. The summed E-state index contributed by atoms with van der Waals surface area (Å²) in [5.41, 5.74) is -2.05. The van der Waals surface area contributed by atoms with Crippen LogP contribution in [0.15, 0.2) is 42.5 Å². The smallest absolute Gasteiger partial charge is 0.292 e. The maximum Gasteiger partial charge on any atom is 0.374 e. The number of rotatable bonds is 17. The number of hydrogen-bond acceptors (Lipinski definition) is 10. The molecule has 0 amide bonds. The van der Waals surface area contributed by atoms with Crippen molar-refractivity contribution in [3.63, 3.8) is 0 Å². The van der Waals surface area contributed by atoms with Gasteiger partial charge >= 0.3 is 17.9 Å². The van der Waals surface area contributed by atoms with Crippen molar-refractivity contribution < 1.29 is 48.5 Å². The van der Waals surface area contributed by atoms with Crippen molar-refractivity contribution in [1.82, 2.24) is 0 Å². The van der Waals surface area contributed by atoms with E-state index in [1.165, 1.54) is 42.5 Å². The van der Waals surface area contributed by atoms with Crippen LogP contribution in [-0.4, -0.2) is 40.5 Å². The lowest BCUT2D eigenvalue weighted by molar-refractivity contribution is -0.309. The van der Waals surface area contributed by atoms with Crippen LogP contribution in [0, 0.1) is 0 Å². The molecule has 0 heterocycles. The van der Waals surface area contributed by atoms with Gasteiger partial charge in [0.15, 0.2) is 5.78 Å². The normalized spacial score (nSPS) is 12.0. The monoisotopic (exact) mass is 614 g/mol. The van der Waals surface area contributed by atoms with Crippen molar-refractivity contribution in [2.45, 2.75) is 118 Å². The molecule has 0 aliphatic heterocycles. The van der Waals surface area contributed by atoms with Crippen molar-refractivity contribution in [1.29, 1.82) is 0 Å². The van der Waals surface area contributed by atoms with Crippen LogP contribution >= 0.6 is 0 Å². The predicted octanol–water partition coefficient (Wildman–Crippen LogP) is 7.92. The molecule has 0 N–H and O–H groups in total. The maximum atomic E-state index is 13.4. The van der Waals surface area contributed by atoms with Crippen molar-refractivity contribution in [2.75, 3.05) is 0 Å². The molecule has 0 radical (unpaired) electrons. The van der Waals surface area contributed by atoms with E-state index in [2.05, 4.69) is 0 Å². The molecular weight excluding hydrogens is 568 g/mol. The van der Waals surface area contributed by atoms with Gasteiger partial charge in [-0.05, 0) is 85.1 Å². The van der Waals surface area contributed by atoms with Crippen LogP contribution in [0.2, 0.25) is 0 Å². The predicted molar refractivity (Wildman–Crippen MR) is 163 cm³/mol. The lowest BCUT2D eigenvalue weighted by Crippen LogP contribution is -2.28. The lowest BCUT2D eigenvalue weighted by atomic mass is 9.97. The van der Waals surface area contributed by atoms with E-state index in [4.69, 9.17) is 29.3 Å². The van der Waals surface area contributed by atoms with Gasteiger partial charge in [0.05, 0.1) is 16.7 Å². The molecule has 44 heavy (non-hydrogen) atoms. The summed E-state index contributed by atoms with van der Waals surface area (Å²) in [5.74, 6) is -3.07. The standard InChI is InChI=1S/C34H46O10/c1-10-19-32(4,5)42-39-29(36)24-15-13-23(14-16-24)28(35)25-17-18-26(30(37)40-43-33(6,7)20-11-2)27(22-25)31(38)41-44-34(8,9)21-12-3/h13-18,22H,10-12,19-21H2,1-9H3. The van der Waals surface area contributed by atoms with Crippen molar-refractivity contribution in [3.05, 3.63) is 70.3 Å². The Kier molecular flexibility index (Phi) is 13.2. The topological polar surface area (TPSA) is 124 Å². The molecule has 10 heteroatoms. The second-order valence-electron chi connectivity index (χ2n) is 12.6. The van der Waals surface area contributed by atoms with Crippen molar-refractivity contribution >= 4 is 23.7 Å². The van der Waals surface area contributed by atoms with Gasteiger partial charge in [-0.3, -0.25) is 19.5 Å². The molecule has 0 aromatic heterocycles. The van der Waals surface area contributed by atoms with Crippen LogP contribution in [0.1, 0.15) is 148 Å². The van der Waals surface area contributed by atoms with E-state index in [1.54, 1.807) is 27.7 Å². The Labute approximate surface area is 260 Å². The number of ketones is 1. The molecular formula is C34H46O10. The molecule has 10 nitrogen and oxygen atoms in total. The molecule has 242 valence electrons. The summed E-state index contributed by atoms with van der Waals surface area (Å²) in [6, 6.07) is 9.70. The molecule has 0 atom stereocenters. The number of hydrogen-bond donors (Lipinski definition) is 0. The molecule has 2 aromatic carbocycles. The highest BCUT2D eigenvalue weighted by molar-refractivity contribution is 6.12. The molecule has 0 aliphatic carbocycles. The van der Waals surface area contributed by atoms with Gasteiger partial charge in [0, 0.05) is 11.1 Å². The first-order chi connectivity index (χ1) is 20.5. The number of carbonyl (C=O) groups excluding carboxylic acids is 4. The van der Waals surface area contributed by atoms with E-state index in [0.29, 0.717) is 19.3 Å². The average molecular weight is 615 g/mol. The van der Waals surface area contributed by atoms with Crippen LogP contribution in [0.3, 0.4) is 0 Å². The van der Waals surface area contributed by atoms with Crippen molar-refractivity contribution in [3.8, 4) is 0 Å². The van der Waals surface area contributed by atoms with E-state index in [-0.39, 0.29) is 27.8 Å². The van der Waals surface area contributed by atoms with Crippen LogP contribution in [0.4, 0.5) is 0 Å². The maximum absolute atomic E-state index is 13.4. The number of carbonyl (C=O) groups is 4. The van der Waals surface area contributed by atoms with E-state index in [9.17, 15) is 19.2 Å². The van der Waals surface area contributed by atoms with Crippen LogP contribution in [-0.2, 0) is 29.3 Å². The van der Waals surface area contributed by atoms with E-state index < -0.39 is 40.5 Å². The van der Waals surface area contributed by atoms with Gasteiger partial charge in [0.1, 0.15) is 16.8 Å². The van der Waals surface area contributed by atoms with Crippen LogP contribution in [0.25, 0.3) is 0 Å². The molecule has 0 saturated carbocycles. The average Bonchev–Trinajstić information content (AvgIpc) is 2.97. The zero-order valence-electron chi connectivity index (χ0n) is 27.4. The summed E-state index contributed by atoms with van der Waals surface area (Å²) in [6.07, 6.45) is 4.39.